The molecule has 66 valence electrons. The molecular weight excluding hydrogens is 140 g/mol. The fourth-order valence-electron chi connectivity index (χ4n) is 1.02. The predicted octanol–water partition coefficient (Wildman–Crippen LogP) is 2.53. The maximum absolute atomic E-state index is 10.5. The molecule has 11 heavy (non-hydrogen) atoms. The molecule has 0 spiro atoms. The van der Waals surface area contributed by atoms with Gasteiger partial charge in [-0.2, -0.15) is 0 Å². The molecule has 0 saturated heterocycles. The van der Waals surface area contributed by atoms with Crippen LogP contribution < -0.4 is 0 Å². The molecular formula is C9H18O2. The van der Waals surface area contributed by atoms with E-state index in [4.69, 9.17) is 5.11 Å². The van der Waals surface area contributed by atoms with E-state index in [-0.39, 0.29) is 5.92 Å². The summed E-state index contributed by atoms with van der Waals surface area (Å²) in [6.07, 6.45) is 3.32. The third-order valence-electron chi connectivity index (χ3n) is 2.26. The molecule has 0 fully saturated rings. The zero-order valence-corrected chi connectivity index (χ0v) is 7.63. The summed E-state index contributed by atoms with van der Waals surface area (Å²) in [5.74, 6) is -0.553. The van der Waals surface area contributed by atoms with Crippen LogP contribution in [0.3, 0.4) is 0 Å². The van der Waals surface area contributed by atoms with Gasteiger partial charge in [-0.3, -0.25) is 4.79 Å². The third-order valence-corrected chi connectivity index (χ3v) is 2.26. The molecule has 0 amide bonds. The highest BCUT2D eigenvalue weighted by Gasteiger charge is 2.17. The number of rotatable bonds is 5. The summed E-state index contributed by atoms with van der Waals surface area (Å²) in [7, 11) is 0. The molecule has 0 aromatic heterocycles. The second-order valence-corrected chi connectivity index (χ2v) is 3.25. The number of carboxylic acid groups (broad SMARTS) is 1. The van der Waals surface area contributed by atoms with E-state index < -0.39 is 5.97 Å². The van der Waals surface area contributed by atoms with Crippen LogP contribution in [0.2, 0.25) is 0 Å². The van der Waals surface area contributed by atoms with Gasteiger partial charge in [0.1, 0.15) is 0 Å². The lowest BCUT2D eigenvalue weighted by Crippen LogP contribution is -2.17. The molecule has 0 rings (SSSR count). The van der Waals surface area contributed by atoms with Crippen LogP contribution in [0.5, 0.6) is 0 Å². The van der Waals surface area contributed by atoms with Gasteiger partial charge in [0.15, 0.2) is 0 Å². The molecule has 0 aromatic carbocycles. The summed E-state index contributed by atoms with van der Waals surface area (Å²) in [6, 6.07) is 0. The Hall–Kier alpha value is -0.530. The minimum absolute atomic E-state index is 0.193. The number of carbonyl (C=O) groups is 1. The minimum Gasteiger partial charge on any atom is -0.481 e. The average Bonchev–Trinajstić information content (AvgIpc) is 1.98. The zero-order valence-electron chi connectivity index (χ0n) is 7.63. The smallest absolute Gasteiger partial charge is 0.306 e. The first-order chi connectivity index (χ1) is 5.09. The van der Waals surface area contributed by atoms with Crippen LogP contribution in [0.1, 0.15) is 40.0 Å². The summed E-state index contributed by atoms with van der Waals surface area (Å²) < 4.78 is 0. The van der Waals surface area contributed by atoms with Crippen molar-refractivity contribution in [1.29, 1.82) is 0 Å². The number of aliphatic carboxylic acids is 1. The van der Waals surface area contributed by atoms with E-state index in [9.17, 15) is 4.79 Å². The van der Waals surface area contributed by atoms with Crippen LogP contribution >= 0.6 is 0 Å². The van der Waals surface area contributed by atoms with E-state index in [0.29, 0.717) is 5.92 Å². The van der Waals surface area contributed by atoms with E-state index in [1.807, 2.05) is 6.92 Å². The molecule has 0 heterocycles. The van der Waals surface area contributed by atoms with Crippen LogP contribution in [0, 0.1) is 11.8 Å². The standard InChI is InChI=1S/C9H18O2/c1-4-5-6-7(2)8(3)9(10)11/h7-8H,4-6H2,1-3H3,(H,10,11)/t7-,8+/m0/s1. The summed E-state index contributed by atoms with van der Waals surface area (Å²) in [4.78, 5) is 10.5. The molecule has 0 radical (unpaired) electrons. The third kappa shape index (κ3) is 4.02. The molecule has 2 heteroatoms. The Labute approximate surface area is 68.6 Å². The summed E-state index contributed by atoms with van der Waals surface area (Å²) in [6.45, 7) is 5.91. The van der Waals surface area contributed by atoms with Crippen LogP contribution in [-0.2, 0) is 4.79 Å². The topological polar surface area (TPSA) is 37.3 Å². The highest BCUT2D eigenvalue weighted by Crippen LogP contribution is 2.17. The molecule has 2 atom stereocenters. The molecule has 1 N–H and O–H groups in total. The van der Waals surface area contributed by atoms with Gasteiger partial charge in [-0.05, 0) is 12.3 Å². The van der Waals surface area contributed by atoms with Crippen LogP contribution in [0.4, 0.5) is 0 Å². The van der Waals surface area contributed by atoms with Crippen molar-refractivity contribution in [1.82, 2.24) is 0 Å². The first-order valence-electron chi connectivity index (χ1n) is 4.32. The van der Waals surface area contributed by atoms with Crippen molar-refractivity contribution in [3.63, 3.8) is 0 Å². The van der Waals surface area contributed by atoms with Gasteiger partial charge < -0.3 is 5.11 Å². The minimum atomic E-state index is -0.673. The Balaban J connectivity index is 3.63. The van der Waals surface area contributed by atoms with E-state index in [1.165, 1.54) is 0 Å². The number of carboxylic acids is 1. The number of hydrogen-bond donors (Lipinski definition) is 1. The second kappa shape index (κ2) is 5.16. The van der Waals surface area contributed by atoms with E-state index in [1.54, 1.807) is 6.92 Å². The second-order valence-electron chi connectivity index (χ2n) is 3.25. The first kappa shape index (κ1) is 10.5. The molecule has 2 nitrogen and oxygen atoms in total. The van der Waals surface area contributed by atoms with Crippen LogP contribution in [-0.4, -0.2) is 11.1 Å². The summed E-state index contributed by atoms with van der Waals surface area (Å²) >= 11 is 0. The number of hydrogen-bond acceptors (Lipinski definition) is 1. The van der Waals surface area contributed by atoms with Crippen molar-refractivity contribution in [2.75, 3.05) is 0 Å². The molecule has 0 unspecified atom stereocenters. The monoisotopic (exact) mass is 158 g/mol. The Kier molecular flexibility index (Phi) is 4.92. The van der Waals surface area contributed by atoms with Crippen molar-refractivity contribution in [2.24, 2.45) is 11.8 Å². The largest absolute Gasteiger partial charge is 0.481 e. The number of unbranched alkanes of at least 4 members (excludes halogenated alkanes) is 1. The Morgan fingerprint density at radius 2 is 2.00 bits per heavy atom. The lowest BCUT2D eigenvalue weighted by Gasteiger charge is -2.14. The maximum atomic E-state index is 10.5. The lowest BCUT2D eigenvalue weighted by molar-refractivity contribution is -0.142. The van der Waals surface area contributed by atoms with Crippen molar-refractivity contribution >= 4 is 5.97 Å². The van der Waals surface area contributed by atoms with E-state index in [0.717, 1.165) is 19.3 Å². The quantitative estimate of drug-likeness (QED) is 0.667. The van der Waals surface area contributed by atoms with Gasteiger partial charge in [0.05, 0.1) is 5.92 Å². The Bertz CT molecular complexity index is 121. The normalized spacial score (nSPS) is 15.9. The predicted molar refractivity (Wildman–Crippen MR) is 45.5 cm³/mol. The van der Waals surface area contributed by atoms with Crippen molar-refractivity contribution < 1.29 is 9.90 Å². The zero-order chi connectivity index (χ0) is 8.85. The highest BCUT2D eigenvalue weighted by atomic mass is 16.4. The maximum Gasteiger partial charge on any atom is 0.306 e. The summed E-state index contributed by atoms with van der Waals surface area (Å²) in [5, 5.41) is 8.65. The fraction of sp³-hybridized carbons (Fsp3) is 0.889. The lowest BCUT2D eigenvalue weighted by atomic mass is 9.91. The van der Waals surface area contributed by atoms with E-state index >= 15 is 0 Å². The highest BCUT2D eigenvalue weighted by molar-refractivity contribution is 5.69. The van der Waals surface area contributed by atoms with Gasteiger partial charge in [0, 0.05) is 0 Å². The van der Waals surface area contributed by atoms with Crippen LogP contribution in [0.15, 0.2) is 0 Å². The van der Waals surface area contributed by atoms with E-state index in [2.05, 4.69) is 6.92 Å². The van der Waals surface area contributed by atoms with Gasteiger partial charge in [0.2, 0.25) is 0 Å². The van der Waals surface area contributed by atoms with Gasteiger partial charge in [-0.15, -0.1) is 0 Å². The molecule has 0 aliphatic carbocycles. The van der Waals surface area contributed by atoms with Crippen molar-refractivity contribution in [3.8, 4) is 0 Å². The Morgan fingerprint density at radius 1 is 1.45 bits per heavy atom. The molecule has 0 aliphatic heterocycles. The van der Waals surface area contributed by atoms with Gasteiger partial charge in [-0.1, -0.05) is 33.6 Å². The molecule has 0 bridgehead atoms. The SMILES string of the molecule is CCCC[C@H](C)[C@@H](C)C(=O)O. The van der Waals surface area contributed by atoms with Gasteiger partial charge in [0.25, 0.3) is 0 Å². The van der Waals surface area contributed by atoms with Gasteiger partial charge in [-0.25, -0.2) is 0 Å². The van der Waals surface area contributed by atoms with Crippen LogP contribution in [0.25, 0.3) is 0 Å². The van der Waals surface area contributed by atoms with Crippen molar-refractivity contribution in [2.45, 2.75) is 40.0 Å². The first-order valence-corrected chi connectivity index (χ1v) is 4.32. The molecule has 0 aromatic rings. The van der Waals surface area contributed by atoms with Crippen molar-refractivity contribution in [3.05, 3.63) is 0 Å². The molecule has 0 saturated carbocycles. The average molecular weight is 158 g/mol. The summed E-state index contributed by atoms with van der Waals surface area (Å²) in [5.41, 5.74) is 0. The van der Waals surface area contributed by atoms with Gasteiger partial charge >= 0.3 is 5.97 Å². The molecule has 0 aliphatic rings. The fourth-order valence-corrected chi connectivity index (χ4v) is 1.02. The Morgan fingerprint density at radius 3 is 2.36 bits per heavy atom.